The van der Waals surface area contributed by atoms with Gasteiger partial charge in [0.05, 0.1) is 0 Å². The van der Waals surface area contributed by atoms with Crippen LogP contribution in [-0.4, -0.2) is 6.54 Å². The summed E-state index contributed by atoms with van der Waals surface area (Å²) in [5.74, 6) is 0. The maximum atomic E-state index is 5.50. The van der Waals surface area contributed by atoms with Crippen molar-refractivity contribution >= 4 is 0 Å². The quantitative estimate of drug-likeness (QED) is 0.471. The number of nitrogens with two attached hydrogens (primary N) is 1. The predicted octanol–water partition coefficient (Wildman–Crippen LogP) is 0.336. The molecule has 1 aliphatic rings. The molecule has 0 unspecified atom stereocenters. The molecule has 1 rings (SSSR count). The second-order valence-corrected chi connectivity index (χ2v) is 1.79. The first-order valence-corrected chi connectivity index (χ1v) is 2.72. The van der Waals surface area contributed by atoms with Gasteiger partial charge in [-0.3, -0.25) is 0 Å². The lowest BCUT2D eigenvalue weighted by atomic mass is 10.3. The fraction of sp³-hybridized carbons (Fsp3) is 0.333. The number of hydrogen-bond acceptors (Lipinski definition) is 2. The average molecular weight is 110 g/mol. The van der Waals surface area contributed by atoms with Gasteiger partial charge in [-0.1, -0.05) is 6.08 Å². The molecule has 0 saturated heterocycles. The Kier molecular flexibility index (Phi) is 1.57. The molecule has 0 bridgehead atoms. The third-order valence-electron chi connectivity index (χ3n) is 1.07. The lowest BCUT2D eigenvalue weighted by Crippen LogP contribution is -2.03. The number of hydrogen-bond donors (Lipinski definition) is 2. The Morgan fingerprint density at radius 2 is 2.50 bits per heavy atom. The van der Waals surface area contributed by atoms with Crippen molar-refractivity contribution in [2.45, 2.75) is 6.42 Å². The van der Waals surface area contributed by atoms with Crippen molar-refractivity contribution < 1.29 is 0 Å². The summed E-state index contributed by atoms with van der Waals surface area (Å²) in [7, 11) is 0. The van der Waals surface area contributed by atoms with E-state index in [0.717, 1.165) is 18.7 Å². The Hall–Kier alpha value is -0.920. The molecule has 2 nitrogen and oxygen atoms in total. The molecule has 1 heterocycles. The number of rotatable bonds is 0. The van der Waals surface area contributed by atoms with Crippen LogP contribution in [0.25, 0.3) is 0 Å². The van der Waals surface area contributed by atoms with Crippen LogP contribution in [0.4, 0.5) is 0 Å². The molecule has 0 saturated carbocycles. The van der Waals surface area contributed by atoms with E-state index in [2.05, 4.69) is 5.32 Å². The van der Waals surface area contributed by atoms with Crippen LogP contribution in [0, 0.1) is 0 Å². The highest BCUT2D eigenvalue weighted by molar-refractivity contribution is 5.07. The van der Waals surface area contributed by atoms with Crippen molar-refractivity contribution in [3.8, 4) is 0 Å². The first-order valence-electron chi connectivity index (χ1n) is 2.72. The summed E-state index contributed by atoms with van der Waals surface area (Å²) in [6, 6.07) is 0. The summed E-state index contributed by atoms with van der Waals surface area (Å²) in [5.41, 5.74) is 6.45. The van der Waals surface area contributed by atoms with Crippen LogP contribution in [0.5, 0.6) is 0 Å². The standard InChI is InChI=1S/C6H10N2/c7-6-2-1-4-8-5-3-6/h1,3-4,8H,2,5,7H2. The van der Waals surface area contributed by atoms with E-state index in [-0.39, 0.29) is 0 Å². The fourth-order valence-electron chi connectivity index (χ4n) is 0.620. The van der Waals surface area contributed by atoms with Crippen molar-refractivity contribution in [1.29, 1.82) is 0 Å². The van der Waals surface area contributed by atoms with E-state index in [4.69, 9.17) is 5.73 Å². The van der Waals surface area contributed by atoms with E-state index < -0.39 is 0 Å². The summed E-state index contributed by atoms with van der Waals surface area (Å²) < 4.78 is 0. The fourth-order valence-corrected chi connectivity index (χ4v) is 0.620. The monoisotopic (exact) mass is 110 g/mol. The highest BCUT2D eigenvalue weighted by atomic mass is 14.8. The molecule has 0 atom stereocenters. The first kappa shape index (κ1) is 5.22. The lowest BCUT2D eigenvalue weighted by molar-refractivity contribution is 0.987. The SMILES string of the molecule is NC1=CCNC=CC1. The minimum atomic E-state index is 0.863. The number of allylic oxidation sites excluding steroid dienone is 1. The molecule has 0 aromatic rings. The summed E-state index contributed by atoms with van der Waals surface area (Å²) in [5, 5.41) is 3.04. The highest BCUT2D eigenvalue weighted by Gasteiger charge is 1.87. The van der Waals surface area contributed by atoms with Gasteiger partial charge < -0.3 is 11.1 Å². The maximum Gasteiger partial charge on any atom is 0.0344 e. The van der Waals surface area contributed by atoms with E-state index in [1.165, 1.54) is 0 Å². The van der Waals surface area contributed by atoms with Crippen LogP contribution in [0.3, 0.4) is 0 Å². The van der Waals surface area contributed by atoms with Gasteiger partial charge in [0.2, 0.25) is 0 Å². The Bertz CT molecular complexity index is 124. The zero-order valence-corrected chi connectivity index (χ0v) is 4.72. The van der Waals surface area contributed by atoms with Crippen LogP contribution < -0.4 is 11.1 Å². The molecule has 0 amide bonds. The van der Waals surface area contributed by atoms with Gasteiger partial charge in [0.25, 0.3) is 0 Å². The van der Waals surface area contributed by atoms with Gasteiger partial charge in [0, 0.05) is 18.7 Å². The zero-order valence-electron chi connectivity index (χ0n) is 4.72. The summed E-state index contributed by atoms with van der Waals surface area (Å²) in [6.45, 7) is 0.863. The molecular weight excluding hydrogens is 100 g/mol. The van der Waals surface area contributed by atoms with Gasteiger partial charge in [-0.2, -0.15) is 0 Å². The van der Waals surface area contributed by atoms with Crippen molar-refractivity contribution in [3.05, 3.63) is 24.0 Å². The van der Waals surface area contributed by atoms with Crippen LogP contribution in [0.2, 0.25) is 0 Å². The normalized spacial score (nSPS) is 18.8. The summed E-state index contributed by atoms with van der Waals surface area (Å²) in [4.78, 5) is 0. The first-order chi connectivity index (χ1) is 3.89. The molecule has 0 aromatic heterocycles. The van der Waals surface area contributed by atoms with E-state index in [9.17, 15) is 0 Å². The molecule has 0 spiro atoms. The smallest absolute Gasteiger partial charge is 0.0344 e. The zero-order chi connectivity index (χ0) is 5.82. The molecular formula is C6H10N2. The molecule has 2 heteroatoms. The third-order valence-corrected chi connectivity index (χ3v) is 1.07. The van der Waals surface area contributed by atoms with Gasteiger partial charge >= 0.3 is 0 Å². The number of nitrogens with one attached hydrogen (secondary N) is 1. The average Bonchev–Trinajstić information content (AvgIpc) is 1.94. The third kappa shape index (κ3) is 1.30. The summed E-state index contributed by atoms with van der Waals surface area (Å²) >= 11 is 0. The molecule has 0 radical (unpaired) electrons. The molecule has 3 N–H and O–H groups in total. The van der Waals surface area contributed by atoms with Crippen molar-refractivity contribution in [1.82, 2.24) is 5.32 Å². The Morgan fingerprint density at radius 1 is 1.62 bits per heavy atom. The molecule has 1 aliphatic heterocycles. The highest BCUT2D eigenvalue weighted by Crippen LogP contribution is 1.94. The Morgan fingerprint density at radius 3 is 3.38 bits per heavy atom. The van der Waals surface area contributed by atoms with Crippen molar-refractivity contribution in [2.75, 3.05) is 6.54 Å². The molecule has 44 valence electrons. The molecule has 0 fully saturated rings. The van der Waals surface area contributed by atoms with E-state index >= 15 is 0 Å². The van der Waals surface area contributed by atoms with Gasteiger partial charge in [0.15, 0.2) is 0 Å². The largest absolute Gasteiger partial charge is 0.402 e. The second-order valence-electron chi connectivity index (χ2n) is 1.79. The van der Waals surface area contributed by atoms with Crippen LogP contribution >= 0.6 is 0 Å². The van der Waals surface area contributed by atoms with Gasteiger partial charge in [-0.25, -0.2) is 0 Å². The second kappa shape index (κ2) is 2.40. The maximum absolute atomic E-state index is 5.50. The summed E-state index contributed by atoms with van der Waals surface area (Å²) in [6.07, 6.45) is 6.81. The van der Waals surface area contributed by atoms with Crippen LogP contribution in [-0.2, 0) is 0 Å². The van der Waals surface area contributed by atoms with E-state index in [1.807, 2.05) is 18.4 Å². The van der Waals surface area contributed by atoms with Gasteiger partial charge in [0.1, 0.15) is 0 Å². The van der Waals surface area contributed by atoms with Crippen molar-refractivity contribution in [2.24, 2.45) is 5.73 Å². The van der Waals surface area contributed by atoms with Gasteiger partial charge in [-0.15, -0.1) is 0 Å². The Labute approximate surface area is 49.1 Å². The Balaban J connectivity index is 2.51. The van der Waals surface area contributed by atoms with E-state index in [0.29, 0.717) is 0 Å². The van der Waals surface area contributed by atoms with E-state index in [1.54, 1.807) is 0 Å². The van der Waals surface area contributed by atoms with Crippen molar-refractivity contribution in [3.63, 3.8) is 0 Å². The molecule has 0 aromatic carbocycles. The molecule has 8 heavy (non-hydrogen) atoms. The minimum Gasteiger partial charge on any atom is -0.402 e. The van der Waals surface area contributed by atoms with Gasteiger partial charge in [-0.05, 0) is 12.3 Å². The van der Waals surface area contributed by atoms with Crippen LogP contribution in [0.15, 0.2) is 24.0 Å². The van der Waals surface area contributed by atoms with Crippen LogP contribution in [0.1, 0.15) is 6.42 Å². The lowest BCUT2D eigenvalue weighted by Gasteiger charge is -1.89. The predicted molar refractivity (Wildman–Crippen MR) is 34.0 cm³/mol. The molecule has 0 aliphatic carbocycles. The minimum absolute atomic E-state index is 0.863. The topological polar surface area (TPSA) is 38.0 Å².